The summed E-state index contributed by atoms with van der Waals surface area (Å²) < 4.78 is 5.53. The average Bonchev–Trinajstić information content (AvgIpc) is 2.46. The van der Waals surface area contributed by atoms with Crippen LogP contribution in [0.2, 0.25) is 0 Å². The molecule has 0 heterocycles. The third-order valence-electron chi connectivity index (χ3n) is 3.26. The zero-order valence-corrected chi connectivity index (χ0v) is 12.8. The summed E-state index contributed by atoms with van der Waals surface area (Å²) in [5, 5.41) is 2.92. The summed E-state index contributed by atoms with van der Waals surface area (Å²) in [6, 6.07) is 7.85. The van der Waals surface area contributed by atoms with E-state index < -0.39 is 0 Å². The van der Waals surface area contributed by atoms with Gasteiger partial charge in [0.05, 0.1) is 13.0 Å². The van der Waals surface area contributed by atoms with Crippen LogP contribution in [0, 0.1) is 6.92 Å². The molecule has 20 heavy (non-hydrogen) atoms. The van der Waals surface area contributed by atoms with Gasteiger partial charge in [-0.1, -0.05) is 31.5 Å². The maximum Gasteiger partial charge on any atom is 0.223 e. The van der Waals surface area contributed by atoms with Crippen molar-refractivity contribution in [2.45, 2.75) is 27.2 Å². The fourth-order valence-electron chi connectivity index (χ4n) is 1.88. The van der Waals surface area contributed by atoms with Crippen LogP contribution in [-0.2, 0) is 4.79 Å². The Bertz CT molecular complexity index is 386. The molecule has 0 aliphatic heterocycles. The molecule has 0 radical (unpaired) electrons. The van der Waals surface area contributed by atoms with Crippen molar-refractivity contribution < 1.29 is 9.53 Å². The summed E-state index contributed by atoms with van der Waals surface area (Å²) in [4.78, 5) is 13.9. The molecule has 1 aromatic carbocycles. The largest absolute Gasteiger partial charge is 0.493 e. The summed E-state index contributed by atoms with van der Waals surface area (Å²) in [5.41, 5.74) is 1.20. The third-order valence-corrected chi connectivity index (χ3v) is 3.26. The van der Waals surface area contributed by atoms with E-state index in [0.29, 0.717) is 19.6 Å². The molecule has 0 unspecified atom stereocenters. The molecule has 0 aliphatic carbocycles. The fourth-order valence-corrected chi connectivity index (χ4v) is 1.88. The molecular weight excluding hydrogens is 252 g/mol. The highest BCUT2D eigenvalue weighted by Gasteiger charge is 2.03. The Morgan fingerprint density at radius 3 is 2.45 bits per heavy atom. The van der Waals surface area contributed by atoms with Crippen molar-refractivity contribution in [2.24, 2.45) is 0 Å². The molecule has 0 aliphatic rings. The number of rotatable bonds is 9. The van der Waals surface area contributed by atoms with Crippen LogP contribution in [0.4, 0.5) is 0 Å². The molecule has 0 saturated heterocycles. The lowest BCUT2D eigenvalue weighted by molar-refractivity contribution is -0.121. The second-order valence-corrected chi connectivity index (χ2v) is 4.79. The van der Waals surface area contributed by atoms with Crippen molar-refractivity contribution in [3.63, 3.8) is 0 Å². The lowest BCUT2D eigenvalue weighted by Crippen LogP contribution is -2.35. The van der Waals surface area contributed by atoms with Crippen molar-refractivity contribution in [3.05, 3.63) is 29.8 Å². The SMILES string of the molecule is CCN(CC)CCNC(=O)CCOc1ccc(C)cc1. The number of ether oxygens (including phenoxy) is 1. The third kappa shape index (κ3) is 6.57. The molecule has 0 aromatic heterocycles. The monoisotopic (exact) mass is 278 g/mol. The van der Waals surface area contributed by atoms with E-state index in [4.69, 9.17) is 4.74 Å². The first-order valence-corrected chi connectivity index (χ1v) is 7.34. The van der Waals surface area contributed by atoms with Gasteiger partial charge in [0.25, 0.3) is 0 Å². The highest BCUT2D eigenvalue weighted by atomic mass is 16.5. The Morgan fingerprint density at radius 2 is 1.85 bits per heavy atom. The standard InChI is InChI=1S/C16H26N2O2/c1-4-18(5-2)12-11-17-16(19)10-13-20-15-8-6-14(3)7-9-15/h6-9H,4-5,10-13H2,1-3H3,(H,17,19). The van der Waals surface area contributed by atoms with Crippen LogP contribution in [0.1, 0.15) is 25.8 Å². The molecule has 1 amide bonds. The van der Waals surface area contributed by atoms with Gasteiger partial charge in [-0.05, 0) is 32.1 Å². The summed E-state index contributed by atoms with van der Waals surface area (Å²) in [7, 11) is 0. The molecule has 4 heteroatoms. The zero-order chi connectivity index (χ0) is 14.8. The van der Waals surface area contributed by atoms with E-state index in [2.05, 4.69) is 24.1 Å². The quantitative estimate of drug-likeness (QED) is 0.753. The first-order valence-electron chi connectivity index (χ1n) is 7.34. The predicted molar refractivity (Wildman–Crippen MR) is 82.1 cm³/mol. The number of nitrogens with one attached hydrogen (secondary N) is 1. The second-order valence-electron chi connectivity index (χ2n) is 4.79. The van der Waals surface area contributed by atoms with Crippen LogP contribution >= 0.6 is 0 Å². The number of carbonyl (C=O) groups is 1. The van der Waals surface area contributed by atoms with Gasteiger partial charge in [-0.15, -0.1) is 0 Å². The minimum atomic E-state index is 0.0456. The Morgan fingerprint density at radius 1 is 1.20 bits per heavy atom. The first-order chi connectivity index (χ1) is 9.65. The van der Waals surface area contributed by atoms with Gasteiger partial charge in [-0.3, -0.25) is 4.79 Å². The van der Waals surface area contributed by atoms with E-state index in [1.807, 2.05) is 31.2 Å². The maximum absolute atomic E-state index is 11.6. The Labute approximate surface area is 122 Å². The summed E-state index contributed by atoms with van der Waals surface area (Å²) in [6.07, 6.45) is 0.395. The number of hydrogen-bond donors (Lipinski definition) is 1. The summed E-state index contributed by atoms with van der Waals surface area (Å²) in [5.74, 6) is 0.857. The molecule has 4 nitrogen and oxygen atoms in total. The van der Waals surface area contributed by atoms with Crippen molar-refractivity contribution in [1.82, 2.24) is 10.2 Å². The highest BCUT2D eigenvalue weighted by molar-refractivity contribution is 5.75. The maximum atomic E-state index is 11.6. The summed E-state index contributed by atoms with van der Waals surface area (Å²) >= 11 is 0. The molecule has 1 N–H and O–H groups in total. The number of amides is 1. The van der Waals surface area contributed by atoms with Crippen molar-refractivity contribution in [1.29, 1.82) is 0 Å². The van der Waals surface area contributed by atoms with Crippen LogP contribution in [-0.4, -0.2) is 43.6 Å². The number of likely N-dealkylation sites (N-methyl/N-ethyl adjacent to an activating group) is 1. The summed E-state index contributed by atoms with van der Waals surface area (Å²) in [6.45, 7) is 10.3. The van der Waals surface area contributed by atoms with Gasteiger partial charge in [-0.2, -0.15) is 0 Å². The van der Waals surface area contributed by atoms with E-state index in [9.17, 15) is 4.79 Å². The van der Waals surface area contributed by atoms with Gasteiger partial charge in [-0.25, -0.2) is 0 Å². The number of nitrogens with zero attached hydrogens (tertiary/aromatic N) is 1. The molecule has 1 aromatic rings. The molecule has 0 bridgehead atoms. The molecule has 0 atom stereocenters. The van der Waals surface area contributed by atoms with Crippen molar-refractivity contribution in [3.8, 4) is 5.75 Å². The van der Waals surface area contributed by atoms with Crippen LogP contribution in [0.3, 0.4) is 0 Å². The number of aryl methyl sites for hydroxylation is 1. The lowest BCUT2D eigenvalue weighted by atomic mass is 10.2. The average molecular weight is 278 g/mol. The number of carbonyl (C=O) groups excluding carboxylic acids is 1. The van der Waals surface area contributed by atoms with Gasteiger partial charge in [0.2, 0.25) is 5.91 Å². The molecular formula is C16H26N2O2. The molecule has 0 saturated carbocycles. The predicted octanol–water partition coefficient (Wildman–Crippen LogP) is 2.22. The second kappa shape index (κ2) is 9.37. The van der Waals surface area contributed by atoms with E-state index in [0.717, 1.165) is 25.4 Å². The lowest BCUT2D eigenvalue weighted by Gasteiger charge is -2.17. The van der Waals surface area contributed by atoms with Crippen LogP contribution in [0.25, 0.3) is 0 Å². The van der Waals surface area contributed by atoms with Gasteiger partial charge in [0, 0.05) is 13.1 Å². The zero-order valence-electron chi connectivity index (χ0n) is 12.8. The number of hydrogen-bond acceptors (Lipinski definition) is 3. The molecule has 0 fully saturated rings. The van der Waals surface area contributed by atoms with E-state index in [1.165, 1.54) is 5.56 Å². The van der Waals surface area contributed by atoms with E-state index >= 15 is 0 Å². The molecule has 112 valence electrons. The fraction of sp³-hybridized carbons (Fsp3) is 0.562. The van der Waals surface area contributed by atoms with Crippen LogP contribution in [0.5, 0.6) is 5.75 Å². The Balaban J connectivity index is 2.12. The van der Waals surface area contributed by atoms with Crippen LogP contribution in [0.15, 0.2) is 24.3 Å². The first kappa shape index (κ1) is 16.5. The molecule has 1 rings (SSSR count). The van der Waals surface area contributed by atoms with E-state index in [-0.39, 0.29) is 5.91 Å². The smallest absolute Gasteiger partial charge is 0.223 e. The topological polar surface area (TPSA) is 41.6 Å². The van der Waals surface area contributed by atoms with Gasteiger partial charge < -0.3 is 15.0 Å². The normalized spacial score (nSPS) is 10.6. The van der Waals surface area contributed by atoms with Crippen LogP contribution < -0.4 is 10.1 Å². The van der Waals surface area contributed by atoms with E-state index in [1.54, 1.807) is 0 Å². The van der Waals surface area contributed by atoms with Gasteiger partial charge in [0.1, 0.15) is 5.75 Å². The Hall–Kier alpha value is -1.55. The van der Waals surface area contributed by atoms with Gasteiger partial charge in [0.15, 0.2) is 0 Å². The van der Waals surface area contributed by atoms with Gasteiger partial charge >= 0.3 is 0 Å². The minimum absolute atomic E-state index is 0.0456. The minimum Gasteiger partial charge on any atom is -0.493 e. The molecule has 0 spiro atoms. The van der Waals surface area contributed by atoms with Crippen molar-refractivity contribution in [2.75, 3.05) is 32.8 Å². The number of benzene rings is 1. The van der Waals surface area contributed by atoms with Crippen molar-refractivity contribution >= 4 is 5.91 Å². The highest BCUT2D eigenvalue weighted by Crippen LogP contribution is 2.11. The Kier molecular flexibility index (Phi) is 7.73.